The lowest BCUT2D eigenvalue weighted by Crippen LogP contribution is -2.00. The Kier molecular flexibility index (Phi) is 4.57. The Hall–Kier alpha value is -6.39. The molecule has 0 saturated carbocycles. The number of nitrogens with zero attached hydrogens (tertiary/aromatic N) is 3. The Bertz CT molecular complexity index is 3050. The highest BCUT2D eigenvalue weighted by molar-refractivity contribution is 6.22. The van der Waals surface area contributed by atoms with Gasteiger partial charge in [0.15, 0.2) is 17.5 Å². The van der Waals surface area contributed by atoms with Crippen molar-refractivity contribution in [1.29, 1.82) is 0 Å². The number of hydrogen-bond acceptors (Lipinski definition) is 4. The van der Waals surface area contributed by atoms with Crippen molar-refractivity contribution in [3.8, 4) is 56.4 Å². The summed E-state index contributed by atoms with van der Waals surface area (Å²) in [6, 6.07) is 30.6. The number of furan rings is 1. The minimum atomic E-state index is -0.546. The molecular weight excluding hydrogens is 574 g/mol. The van der Waals surface area contributed by atoms with Gasteiger partial charge in [0.25, 0.3) is 0 Å². The second-order valence-corrected chi connectivity index (χ2v) is 11.0. The molecule has 9 rings (SSSR count). The van der Waals surface area contributed by atoms with E-state index in [0.717, 1.165) is 22.3 Å². The SMILES string of the molecule is [2H]c1c([2H])c(-c2ccc(-c3nc(-c4ccccc4)nc(-c4ccc(-c5ccccc5)cc4)n3)cc2)c2c(oc3c([2H])c([2H])c4c([2H])c([2H])c([2H])c([2H])c4c32)c1[2H]. The third-order valence-electron chi connectivity index (χ3n) is 8.11. The van der Waals surface area contributed by atoms with Crippen LogP contribution in [0.5, 0.6) is 0 Å². The van der Waals surface area contributed by atoms with E-state index in [1.165, 1.54) is 0 Å². The van der Waals surface area contributed by atoms with Crippen LogP contribution in [-0.4, -0.2) is 15.0 Å². The average Bonchev–Trinajstić information content (AvgIpc) is 3.63. The summed E-state index contributed by atoms with van der Waals surface area (Å²) in [4.78, 5) is 14.6. The van der Waals surface area contributed by atoms with Crippen molar-refractivity contribution < 1.29 is 16.8 Å². The summed E-state index contributed by atoms with van der Waals surface area (Å²) in [5, 5.41) is 0.00944. The van der Waals surface area contributed by atoms with Crippen LogP contribution in [0.3, 0.4) is 0 Å². The Morgan fingerprint density at radius 3 is 1.57 bits per heavy atom. The Balaban J connectivity index is 1.23. The van der Waals surface area contributed by atoms with Gasteiger partial charge in [0.2, 0.25) is 0 Å². The van der Waals surface area contributed by atoms with Gasteiger partial charge in [-0.05, 0) is 45.1 Å². The van der Waals surface area contributed by atoms with Crippen LogP contribution in [0.1, 0.15) is 12.3 Å². The zero-order valence-electron chi connectivity index (χ0n) is 33.6. The summed E-state index contributed by atoms with van der Waals surface area (Å²) in [5.41, 5.74) is 4.71. The summed E-state index contributed by atoms with van der Waals surface area (Å²) in [5.74, 6) is 1.34. The maximum atomic E-state index is 9.06. The first-order valence-corrected chi connectivity index (χ1v) is 15.0. The largest absolute Gasteiger partial charge is 0.456 e. The molecule has 7 aromatic carbocycles. The van der Waals surface area contributed by atoms with E-state index in [0.29, 0.717) is 28.6 Å². The fourth-order valence-electron chi connectivity index (χ4n) is 5.81. The predicted molar refractivity (Wildman–Crippen MR) is 192 cm³/mol. The second kappa shape index (κ2) is 11.2. The molecule has 0 radical (unpaired) electrons. The van der Waals surface area contributed by atoms with Crippen LogP contribution in [-0.2, 0) is 0 Å². The number of rotatable bonds is 5. The highest BCUT2D eigenvalue weighted by Crippen LogP contribution is 2.40. The fourth-order valence-corrected chi connectivity index (χ4v) is 5.81. The molecule has 0 fully saturated rings. The van der Waals surface area contributed by atoms with Gasteiger partial charge in [-0.25, -0.2) is 15.0 Å². The Labute approximate surface area is 284 Å². The van der Waals surface area contributed by atoms with E-state index >= 15 is 0 Å². The fraction of sp³-hybridized carbons (Fsp3) is 0. The number of fused-ring (bicyclic) bond motifs is 5. The van der Waals surface area contributed by atoms with E-state index in [9.17, 15) is 0 Å². The molecule has 2 heterocycles. The molecule has 0 spiro atoms. The van der Waals surface area contributed by atoms with Crippen LogP contribution in [0.2, 0.25) is 0 Å². The molecule has 2 aromatic heterocycles. The summed E-state index contributed by atoms with van der Waals surface area (Å²) >= 11 is 0. The quantitative estimate of drug-likeness (QED) is 0.195. The van der Waals surface area contributed by atoms with Gasteiger partial charge in [0.05, 0.1) is 12.3 Å². The van der Waals surface area contributed by atoms with Crippen molar-refractivity contribution >= 4 is 32.7 Å². The summed E-state index contributed by atoms with van der Waals surface area (Å²) < 4.78 is 84.0. The number of benzene rings is 7. The third-order valence-corrected chi connectivity index (χ3v) is 8.11. The molecule has 4 heteroatoms. The van der Waals surface area contributed by atoms with Crippen molar-refractivity contribution in [3.05, 3.63) is 164 Å². The minimum Gasteiger partial charge on any atom is -0.456 e. The van der Waals surface area contributed by atoms with Gasteiger partial charge in [0.1, 0.15) is 11.2 Å². The second-order valence-electron chi connectivity index (χ2n) is 11.0. The Morgan fingerprint density at radius 2 is 0.915 bits per heavy atom. The van der Waals surface area contributed by atoms with Gasteiger partial charge in [-0.1, -0.05) is 151 Å². The zero-order chi connectivity index (χ0) is 39.0. The van der Waals surface area contributed by atoms with E-state index in [2.05, 4.69) is 0 Å². The van der Waals surface area contributed by atoms with Crippen molar-refractivity contribution in [2.24, 2.45) is 0 Å². The van der Waals surface area contributed by atoms with Crippen LogP contribution in [0.25, 0.3) is 89.1 Å². The molecule has 0 aliphatic rings. The number of aromatic nitrogens is 3. The van der Waals surface area contributed by atoms with Gasteiger partial charge >= 0.3 is 0 Å². The first kappa shape index (κ1) is 19.2. The normalized spacial score (nSPS) is 14.1. The first-order chi connectivity index (χ1) is 27.0. The lowest BCUT2D eigenvalue weighted by atomic mass is 9.96. The zero-order valence-corrected chi connectivity index (χ0v) is 24.6. The maximum Gasteiger partial charge on any atom is 0.164 e. The lowest BCUT2D eigenvalue weighted by Gasteiger charge is -2.10. The first-order valence-electron chi connectivity index (χ1n) is 19.5. The van der Waals surface area contributed by atoms with Gasteiger partial charge in [0, 0.05) is 27.5 Å². The maximum absolute atomic E-state index is 9.06. The van der Waals surface area contributed by atoms with E-state index in [4.69, 9.17) is 31.7 Å². The average molecular weight is 611 g/mol. The molecule has 220 valence electrons. The molecule has 0 saturated heterocycles. The van der Waals surface area contributed by atoms with Crippen LogP contribution in [0, 0.1) is 0 Å². The van der Waals surface area contributed by atoms with Gasteiger partial charge in [-0.2, -0.15) is 0 Å². The van der Waals surface area contributed by atoms with Crippen molar-refractivity contribution in [1.82, 2.24) is 15.0 Å². The van der Waals surface area contributed by atoms with Gasteiger partial charge in [-0.15, -0.1) is 0 Å². The summed E-state index contributed by atoms with van der Waals surface area (Å²) in [6.45, 7) is 0. The van der Waals surface area contributed by atoms with Crippen LogP contribution in [0.15, 0.2) is 168 Å². The van der Waals surface area contributed by atoms with Gasteiger partial charge < -0.3 is 4.42 Å². The summed E-state index contributed by atoms with van der Waals surface area (Å²) in [7, 11) is 0. The highest BCUT2D eigenvalue weighted by atomic mass is 16.3. The summed E-state index contributed by atoms with van der Waals surface area (Å²) in [6.07, 6.45) is 0. The van der Waals surface area contributed by atoms with Crippen LogP contribution in [0.4, 0.5) is 0 Å². The number of hydrogen-bond donors (Lipinski definition) is 0. The standard InChI is InChI=1S/C43H27N3O/c1-3-10-28(11-4-1)29-18-22-33(23-19-29)42-44-41(32-13-5-2-6-14-32)45-43(46-42)34-24-20-31(21-25-34)36-16-9-17-37-39(36)40-35-15-8-7-12-30(35)26-27-38(40)47-37/h1-27H/i7D,8D,9D,12D,15D,16D,17D,26D,27D. The molecule has 0 bridgehead atoms. The molecular formula is C43H27N3O. The molecule has 9 aromatic rings. The molecule has 47 heavy (non-hydrogen) atoms. The lowest BCUT2D eigenvalue weighted by molar-refractivity contribution is 0.669. The smallest absolute Gasteiger partial charge is 0.164 e. The van der Waals surface area contributed by atoms with E-state index in [1.807, 2.05) is 84.9 Å². The molecule has 0 aliphatic carbocycles. The van der Waals surface area contributed by atoms with Crippen LogP contribution >= 0.6 is 0 Å². The topological polar surface area (TPSA) is 51.8 Å². The minimum absolute atomic E-state index is 0.0527. The molecule has 0 amide bonds. The molecule has 0 N–H and O–H groups in total. The van der Waals surface area contributed by atoms with E-state index < -0.39 is 48.3 Å². The van der Waals surface area contributed by atoms with E-state index in [1.54, 1.807) is 24.3 Å². The highest BCUT2D eigenvalue weighted by Gasteiger charge is 2.16. The third kappa shape index (κ3) is 4.84. The predicted octanol–water partition coefficient (Wildman–Crippen LogP) is 11.3. The Morgan fingerprint density at radius 1 is 0.404 bits per heavy atom. The molecule has 0 aliphatic heterocycles. The molecule has 0 atom stereocenters. The van der Waals surface area contributed by atoms with Gasteiger partial charge in [-0.3, -0.25) is 0 Å². The van der Waals surface area contributed by atoms with Crippen molar-refractivity contribution in [2.75, 3.05) is 0 Å². The van der Waals surface area contributed by atoms with E-state index in [-0.39, 0.29) is 44.3 Å². The van der Waals surface area contributed by atoms with Crippen LogP contribution < -0.4 is 0 Å². The van der Waals surface area contributed by atoms with Crippen molar-refractivity contribution in [2.45, 2.75) is 0 Å². The molecule has 4 nitrogen and oxygen atoms in total. The molecule has 0 unspecified atom stereocenters. The van der Waals surface area contributed by atoms with Crippen molar-refractivity contribution in [3.63, 3.8) is 0 Å². The monoisotopic (exact) mass is 610 g/mol.